The molecule has 0 aliphatic heterocycles. The average molecular weight is 371 g/mol. The van der Waals surface area contributed by atoms with Gasteiger partial charge in [0.2, 0.25) is 0 Å². The molecule has 2 aromatic carbocycles. The third-order valence-electron chi connectivity index (χ3n) is 4.40. The summed E-state index contributed by atoms with van der Waals surface area (Å²) in [5.41, 5.74) is 6.14. The van der Waals surface area contributed by atoms with Gasteiger partial charge in [-0.05, 0) is 43.0 Å². The van der Waals surface area contributed by atoms with Gasteiger partial charge < -0.3 is 21.1 Å². The van der Waals surface area contributed by atoms with Crippen LogP contribution in [0, 0.1) is 11.7 Å². The van der Waals surface area contributed by atoms with E-state index in [1.54, 1.807) is 30.3 Å². The van der Waals surface area contributed by atoms with Crippen LogP contribution >= 0.6 is 0 Å². The average Bonchev–Trinajstić information content (AvgIpc) is 3.51. The van der Waals surface area contributed by atoms with Crippen LogP contribution < -0.4 is 21.1 Å². The Balaban J connectivity index is 1.61. The van der Waals surface area contributed by atoms with Crippen molar-refractivity contribution in [1.82, 2.24) is 5.32 Å². The maximum absolute atomic E-state index is 13.6. The Bertz CT molecular complexity index is 824. The van der Waals surface area contributed by atoms with Crippen molar-refractivity contribution < 1.29 is 18.7 Å². The Hall–Kier alpha value is -2.93. The van der Waals surface area contributed by atoms with Gasteiger partial charge in [0.15, 0.2) is 6.61 Å². The van der Waals surface area contributed by atoms with E-state index in [9.17, 15) is 14.0 Å². The molecule has 0 saturated heterocycles. The second-order valence-corrected chi connectivity index (χ2v) is 6.47. The van der Waals surface area contributed by atoms with Crippen LogP contribution in [0.5, 0.6) is 5.75 Å². The molecule has 27 heavy (non-hydrogen) atoms. The maximum Gasteiger partial charge on any atom is 0.262 e. The molecule has 1 aliphatic rings. The predicted octanol–water partition coefficient (Wildman–Crippen LogP) is 2.31. The summed E-state index contributed by atoms with van der Waals surface area (Å²) >= 11 is 0. The molecule has 142 valence electrons. The molecular formula is C20H22FN3O3. The summed E-state index contributed by atoms with van der Waals surface area (Å²) in [7, 11) is 0. The highest BCUT2D eigenvalue weighted by molar-refractivity contribution is 5.97. The molecule has 1 aliphatic carbocycles. The topological polar surface area (TPSA) is 93.4 Å². The van der Waals surface area contributed by atoms with Crippen molar-refractivity contribution in [3.8, 4) is 5.75 Å². The highest BCUT2D eigenvalue weighted by atomic mass is 19.1. The van der Waals surface area contributed by atoms with Crippen molar-refractivity contribution in [3.05, 3.63) is 59.9 Å². The van der Waals surface area contributed by atoms with Crippen LogP contribution in [0.3, 0.4) is 0 Å². The van der Waals surface area contributed by atoms with Gasteiger partial charge in [0.05, 0.1) is 11.3 Å². The lowest BCUT2D eigenvalue weighted by molar-refractivity contribution is -0.118. The molecule has 1 unspecified atom stereocenters. The minimum Gasteiger partial charge on any atom is -0.483 e. The van der Waals surface area contributed by atoms with E-state index in [0.29, 0.717) is 18.0 Å². The Kier molecular flexibility index (Phi) is 6.03. The molecule has 0 heterocycles. The summed E-state index contributed by atoms with van der Waals surface area (Å²) in [5.74, 6) is -0.627. The smallest absolute Gasteiger partial charge is 0.262 e. The van der Waals surface area contributed by atoms with Crippen LogP contribution in [-0.4, -0.2) is 31.0 Å². The molecule has 1 saturated carbocycles. The Labute approximate surface area is 156 Å². The lowest BCUT2D eigenvalue weighted by Gasteiger charge is -2.17. The van der Waals surface area contributed by atoms with Gasteiger partial charge in [0, 0.05) is 12.6 Å². The van der Waals surface area contributed by atoms with Gasteiger partial charge in [-0.2, -0.15) is 0 Å². The van der Waals surface area contributed by atoms with Gasteiger partial charge in [-0.1, -0.05) is 24.3 Å². The van der Waals surface area contributed by atoms with Crippen molar-refractivity contribution in [2.24, 2.45) is 11.7 Å². The van der Waals surface area contributed by atoms with Crippen molar-refractivity contribution in [2.75, 3.05) is 18.5 Å². The Morgan fingerprint density at radius 1 is 1.15 bits per heavy atom. The number of hydrogen-bond donors (Lipinski definition) is 3. The monoisotopic (exact) mass is 371 g/mol. The van der Waals surface area contributed by atoms with Gasteiger partial charge in [-0.25, -0.2) is 4.39 Å². The van der Waals surface area contributed by atoms with Crippen molar-refractivity contribution in [2.45, 2.75) is 18.9 Å². The third-order valence-corrected chi connectivity index (χ3v) is 4.40. The summed E-state index contributed by atoms with van der Waals surface area (Å²) in [5, 5.41) is 5.36. The van der Waals surface area contributed by atoms with E-state index >= 15 is 0 Å². The fraction of sp³-hybridized carbons (Fsp3) is 0.300. The van der Waals surface area contributed by atoms with Crippen LogP contribution in [0.1, 0.15) is 23.2 Å². The number of amides is 2. The molecule has 7 heteroatoms. The van der Waals surface area contributed by atoms with Gasteiger partial charge in [0.1, 0.15) is 11.6 Å². The minimum absolute atomic E-state index is 0.0603. The molecular weight excluding hydrogens is 349 g/mol. The number of benzene rings is 2. The van der Waals surface area contributed by atoms with Crippen molar-refractivity contribution in [3.63, 3.8) is 0 Å². The van der Waals surface area contributed by atoms with Crippen molar-refractivity contribution >= 4 is 17.5 Å². The number of hydrogen-bond acceptors (Lipinski definition) is 4. The number of carbonyl (C=O) groups is 2. The van der Waals surface area contributed by atoms with E-state index in [0.717, 1.165) is 12.8 Å². The molecule has 1 fully saturated rings. The summed E-state index contributed by atoms with van der Waals surface area (Å²) in [6.07, 6.45) is 2.13. The number of anilines is 1. The zero-order chi connectivity index (χ0) is 19.2. The normalized spacial score (nSPS) is 14.3. The van der Waals surface area contributed by atoms with E-state index in [2.05, 4.69) is 10.6 Å². The van der Waals surface area contributed by atoms with E-state index in [-0.39, 0.29) is 30.0 Å². The van der Waals surface area contributed by atoms with E-state index in [4.69, 9.17) is 10.5 Å². The maximum atomic E-state index is 13.6. The zero-order valence-corrected chi connectivity index (χ0v) is 14.8. The summed E-state index contributed by atoms with van der Waals surface area (Å²) < 4.78 is 19.1. The van der Waals surface area contributed by atoms with Gasteiger partial charge >= 0.3 is 0 Å². The first-order valence-electron chi connectivity index (χ1n) is 8.85. The van der Waals surface area contributed by atoms with Gasteiger partial charge in [-0.3, -0.25) is 9.59 Å². The number of halogens is 1. The molecule has 0 aromatic heterocycles. The van der Waals surface area contributed by atoms with E-state index in [1.165, 1.54) is 18.2 Å². The fourth-order valence-electron chi connectivity index (χ4n) is 2.79. The van der Waals surface area contributed by atoms with Gasteiger partial charge in [-0.15, -0.1) is 0 Å². The first-order valence-corrected chi connectivity index (χ1v) is 8.85. The lowest BCUT2D eigenvalue weighted by atomic mass is 10.1. The van der Waals surface area contributed by atoms with Crippen LogP contribution in [0.2, 0.25) is 0 Å². The SMILES string of the molecule is NCC(NC(=O)c1ccccc1OCC(=O)Nc1ccccc1F)C1CC1. The zero-order valence-electron chi connectivity index (χ0n) is 14.8. The number of nitrogens with one attached hydrogen (secondary N) is 2. The first kappa shape index (κ1) is 18.8. The Morgan fingerprint density at radius 3 is 2.56 bits per heavy atom. The first-order chi connectivity index (χ1) is 13.1. The highest BCUT2D eigenvalue weighted by Gasteiger charge is 2.31. The highest BCUT2D eigenvalue weighted by Crippen LogP contribution is 2.32. The van der Waals surface area contributed by atoms with E-state index < -0.39 is 11.7 Å². The lowest BCUT2D eigenvalue weighted by Crippen LogP contribution is -2.41. The summed E-state index contributed by atoms with van der Waals surface area (Å²) in [4.78, 5) is 24.6. The predicted molar refractivity (Wildman–Crippen MR) is 100.0 cm³/mol. The fourth-order valence-corrected chi connectivity index (χ4v) is 2.79. The number of rotatable bonds is 8. The largest absolute Gasteiger partial charge is 0.483 e. The molecule has 0 bridgehead atoms. The second kappa shape index (κ2) is 8.64. The third kappa shape index (κ3) is 5.04. The molecule has 3 rings (SSSR count). The number of ether oxygens (including phenoxy) is 1. The van der Waals surface area contributed by atoms with E-state index in [1.807, 2.05) is 0 Å². The molecule has 0 spiro atoms. The number of para-hydroxylation sites is 2. The Morgan fingerprint density at radius 2 is 1.85 bits per heavy atom. The van der Waals surface area contributed by atoms with Crippen LogP contribution in [0.4, 0.5) is 10.1 Å². The molecule has 2 amide bonds. The molecule has 6 nitrogen and oxygen atoms in total. The molecule has 2 aromatic rings. The van der Waals surface area contributed by atoms with Crippen LogP contribution in [-0.2, 0) is 4.79 Å². The summed E-state index contributed by atoms with van der Waals surface area (Å²) in [6.45, 7) is 0.0338. The van der Waals surface area contributed by atoms with Crippen molar-refractivity contribution in [1.29, 1.82) is 0 Å². The standard InChI is InChI=1S/C20H22FN3O3/c21-15-6-2-3-7-16(15)23-19(25)12-27-18-8-4-1-5-14(18)20(26)24-17(11-22)13-9-10-13/h1-8,13,17H,9-12,22H2,(H,23,25)(H,24,26). The summed E-state index contributed by atoms with van der Waals surface area (Å²) in [6, 6.07) is 12.5. The minimum atomic E-state index is -0.529. The van der Waals surface area contributed by atoms with Crippen LogP contribution in [0.15, 0.2) is 48.5 Å². The second-order valence-electron chi connectivity index (χ2n) is 6.47. The number of carbonyl (C=O) groups excluding carboxylic acids is 2. The molecule has 1 atom stereocenters. The quantitative estimate of drug-likeness (QED) is 0.664. The molecule has 0 radical (unpaired) electrons. The van der Waals surface area contributed by atoms with Crippen LogP contribution in [0.25, 0.3) is 0 Å². The van der Waals surface area contributed by atoms with Gasteiger partial charge in [0.25, 0.3) is 11.8 Å². The number of nitrogens with two attached hydrogens (primary N) is 1. The molecule has 4 N–H and O–H groups in total.